The smallest absolute Gasteiger partial charge is 0.337 e. The van der Waals surface area contributed by atoms with E-state index in [0.717, 1.165) is 10.0 Å². The minimum atomic E-state index is -4.41. The second-order valence-electron chi connectivity index (χ2n) is 10.3. The lowest BCUT2D eigenvalue weighted by molar-refractivity contribution is 0.0600. The summed E-state index contributed by atoms with van der Waals surface area (Å²) >= 11 is 12.7. The predicted molar refractivity (Wildman–Crippen MR) is 180 cm³/mol. The highest BCUT2D eigenvalue weighted by atomic mass is 35.5. The fraction of sp³-hybridized carbons (Fsp3) is 0.0278. The molecule has 0 bridgehead atoms. The van der Waals surface area contributed by atoms with E-state index in [9.17, 15) is 18.5 Å². The summed E-state index contributed by atoms with van der Waals surface area (Å²) in [6.45, 7) is 7.90. The van der Waals surface area contributed by atoms with E-state index < -0.39 is 21.8 Å². The maximum Gasteiger partial charge on any atom is 0.337 e. The molecular weight excluding hydrogens is 660 g/mol. The zero-order valence-electron chi connectivity index (χ0n) is 24.3. The van der Waals surface area contributed by atoms with Gasteiger partial charge in [-0.1, -0.05) is 59.6 Å². The van der Waals surface area contributed by atoms with Gasteiger partial charge in [-0.2, -0.15) is 5.26 Å². The van der Waals surface area contributed by atoms with Gasteiger partial charge < -0.3 is 4.74 Å². The van der Waals surface area contributed by atoms with E-state index in [1.165, 1.54) is 61.7 Å². The Morgan fingerprint density at radius 1 is 0.915 bits per heavy atom. The predicted octanol–water partition coefficient (Wildman–Crippen LogP) is 9.53. The minimum absolute atomic E-state index is 0.0788. The van der Waals surface area contributed by atoms with Gasteiger partial charge in [-0.15, -0.1) is 0 Å². The zero-order chi connectivity index (χ0) is 33.5. The molecule has 0 atom stereocenters. The number of hydrogen-bond acceptors (Lipinski definition) is 5. The molecule has 1 heterocycles. The van der Waals surface area contributed by atoms with Gasteiger partial charge in [0.1, 0.15) is 5.82 Å². The molecule has 0 aliphatic rings. The Morgan fingerprint density at radius 2 is 1.64 bits per heavy atom. The van der Waals surface area contributed by atoms with Gasteiger partial charge in [0.25, 0.3) is 10.0 Å². The number of aromatic nitrogens is 1. The summed E-state index contributed by atoms with van der Waals surface area (Å²) in [4.78, 5) is 15.6. The lowest BCUT2D eigenvalue weighted by atomic mass is 9.92. The second kappa shape index (κ2) is 12.4. The molecule has 0 N–H and O–H groups in total. The summed E-state index contributed by atoms with van der Waals surface area (Å²) in [5.41, 5.74) is 2.46. The van der Waals surface area contributed by atoms with Crippen molar-refractivity contribution < 1.29 is 22.3 Å². The Morgan fingerprint density at radius 3 is 2.32 bits per heavy atom. The number of fused-ring (bicyclic) bond motifs is 1. The highest BCUT2D eigenvalue weighted by Crippen LogP contribution is 2.48. The number of methoxy groups -OCH3 is 1. The fourth-order valence-electron chi connectivity index (χ4n) is 5.53. The van der Waals surface area contributed by atoms with Gasteiger partial charge >= 0.3 is 5.97 Å². The molecule has 6 rings (SSSR count). The third-order valence-electron chi connectivity index (χ3n) is 7.61. The Labute approximate surface area is 279 Å². The molecule has 0 spiro atoms. The van der Waals surface area contributed by atoms with Crippen LogP contribution in [0.3, 0.4) is 0 Å². The molecule has 11 heteroatoms. The molecule has 0 saturated heterocycles. The number of hydrogen-bond donors (Lipinski definition) is 0. The van der Waals surface area contributed by atoms with Gasteiger partial charge in [-0.05, 0) is 72.3 Å². The van der Waals surface area contributed by atoms with Crippen LogP contribution in [0.2, 0.25) is 10.0 Å². The van der Waals surface area contributed by atoms with E-state index in [2.05, 4.69) is 10.9 Å². The van der Waals surface area contributed by atoms with Crippen LogP contribution in [-0.4, -0.2) is 25.5 Å². The second-order valence-corrected chi connectivity index (χ2v) is 12.9. The Bertz CT molecular complexity index is 2410. The SMILES string of the molecule is [C-]#[N+]c1cccc(C#N)c1-c1c(-c2cccc(-c3ccc(C(=O)OC)cc3Cl)c2)n(S(=O)(=O)c2ccc(Cl)cc2)c2ccc(F)cc12. The van der Waals surface area contributed by atoms with Crippen molar-refractivity contribution in [2.75, 3.05) is 7.11 Å². The number of rotatable bonds is 6. The topological polar surface area (TPSA) is 93.5 Å². The van der Waals surface area contributed by atoms with E-state index >= 15 is 4.39 Å². The first-order valence-electron chi connectivity index (χ1n) is 13.8. The van der Waals surface area contributed by atoms with Gasteiger partial charge in [0.05, 0.1) is 41.4 Å². The van der Waals surface area contributed by atoms with Crippen LogP contribution < -0.4 is 0 Å². The van der Waals surface area contributed by atoms with Crippen LogP contribution in [0.15, 0.2) is 108 Å². The maximum atomic E-state index is 15.0. The number of nitriles is 1. The quantitative estimate of drug-likeness (QED) is 0.129. The molecule has 0 radical (unpaired) electrons. The molecule has 0 fully saturated rings. The van der Waals surface area contributed by atoms with Crippen molar-refractivity contribution in [1.29, 1.82) is 5.26 Å². The average molecular weight is 681 g/mol. The Hall–Kier alpha value is -5.45. The third-order valence-corrected chi connectivity index (χ3v) is 9.90. The van der Waals surface area contributed by atoms with Crippen molar-refractivity contribution in [3.63, 3.8) is 0 Å². The van der Waals surface area contributed by atoms with Gasteiger partial charge in [0, 0.05) is 43.2 Å². The summed E-state index contributed by atoms with van der Waals surface area (Å²) < 4.78 is 50.0. The molecule has 0 amide bonds. The number of esters is 1. The molecule has 0 aliphatic carbocycles. The molecule has 6 aromatic rings. The molecule has 1 aromatic heterocycles. The molecular formula is C36H20Cl2FN3O4S. The highest BCUT2D eigenvalue weighted by molar-refractivity contribution is 7.90. The number of ether oxygens (including phenoxy) is 1. The van der Waals surface area contributed by atoms with E-state index in [0.29, 0.717) is 21.7 Å². The molecule has 0 aliphatic heterocycles. The van der Waals surface area contributed by atoms with E-state index in [1.54, 1.807) is 42.5 Å². The molecule has 0 saturated carbocycles. The van der Waals surface area contributed by atoms with Crippen LogP contribution in [0.5, 0.6) is 0 Å². The zero-order valence-corrected chi connectivity index (χ0v) is 26.7. The van der Waals surface area contributed by atoms with Crippen LogP contribution >= 0.6 is 23.2 Å². The standard InChI is InChI=1S/C36H20Cl2FN3O4S/c1-41-31-8-4-7-24(20-40)33(31)34-29-19-26(39)12-16-32(29)42(47(44,45)27-13-10-25(37)11-14-27)35(34)22-6-3-5-21(17-22)28-15-9-23(18-30(28)38)36(43)46-2/h3-19H,2H3. The van der Waals surface area contributed by atoms with Crippen molar-refractivity contribution >= 4 is 55.8 Å². The Balaban J connectivity index is 1.76. The average Bonchev–Trinajstić information content (AvgIpc) is 3.42. The van der Waals surface area contributed by atoms with Crippen molar-refractivity contribution in [1.82, 2.24) is 3.97 Å². The molecule has 5 aromatic carbocycles. The molecule has 0 unspecified atom stereocenters. The first kappa shape index (κ1) is 31.5. The van der Waals surface area contributed by atoms with Crippen LogP contribution in [-0.2, 0) is 14.8 Å². The highest BCUT2D eigenvalue weighted by Gasteiger charge is 2.31. The molecule has 47 heavy (non-hydrogen) atoms. The van der Waals surface area contributed by atoms with Crippen molar-refractivity contribution in [2.45, 2.75) is 4.90 Å². The van der Waals surface area contributed by atoms with Gasteiger partial charge in [0.15, 0.2) is 5.69 Å². The third kappa shape index (κ3) is 5.51. The van der Waals surface area contributed by atoms with Crippen LogP contribution in [0, 0.1) is 23.7 Å². The van der Waals surface area contributed by atoms with E-state index in [4.69, 9.17) is 34.5 Å². The summed E-state index contributed by atoms with van der Waals surface area (Å²) in [6, 6.07) is 27.5. The number of carbonyl (C=O) groups excluding carboxylic acids is 1. The van der Waals surface area contributed by atoms with Gasteiger partial charge in [0.2, 0.25) is 0 Å². The minimum Gasteiger partial charge on any atom is -0.465 e. The van der Waals surface area contributed by atoms with E-state index in [-0.39, 0.29) is 54.5 Å². The summed E-state index contributed by atoms with van der Waals surface area (Å²) in [5, 5.41) is 10.9. The molecule has 7 nitrogen and oxygen atoms in total. The number of carbonyl (C=O) groups is 1. The van der Waals surface area contributed by atoms with Gasteiger partial charge in [-0.3, -0.25) is 0 Å². The lowest BCUT2D eigenvalue weighted by Gasteiger charge is -2.16. The number of nitrogens with zero attached hydrogens (tertiary/aromatic N) is 3. The maximum absolute atomic E-state index is 15.0. The van der Waals surface area contributed by atoms with Crippen molar-refractivity contribution in [3.05, 3.63) is 142 Å². The first-order chi connectivity index (χ1) is 22.6. The number of halogens is 3. The normalized spacial score (nSPS) is 11.2. The van der Waals surface area contributed by atoms with Crippen LogP contribution in [0.25, 0.3) is 49.3 Å². The van der Waals surface area contributed by atoms with Crippen LogP contribution in [0.1, 0.15) is 15.9 Å². The Kier molecular flexibility index (Phi) is 8.31. The largest absolute Gasteiger partial charge is 0.465 e. The first-order valence-corrected chi connectivity index (χ1v) is 16.0. The summed E-state index contributed by atoms with van der Waals surface area (Å²) in [5.74, 6) is -1.20. The fourth-order valence-corrected chi connectivity index (χ4v) is 7.49. The summed E-state index contributed by atoms with van der Waals surface area (Å²) in [6.07, 6.45) is 0. The van der Waals surface area contributed by atoms with Crippen LogP contribution in [0.4, 0.5) is 10.1 Å². The van der Waals surface area contributed by atoms with Crippen molar-refractivity contribution in [2.24, 2.45) is 0 Å². The van der Waals surface area contributed by atoms with Crippen molar-refractivity contribution in [3.8, 4) is 39.6 Å². The monoisotopic (exact) mass is 679 g/mol. The van der Waals surface area contributed by atoms with Gasteiger partial charge in [-0.25, -0.2) is 26.4 Å². The van der Waals surface area contributed by atoms with E-state index in [1.807, 2.05) is 0 Å². The summed E-state index contributed by atoms with van der Waals surface area (Å²) in [7, 11) is -3.14. The number of benzene rings is 5. The molecule has 230 valence electrons. The lowest BCUT2D eigenvalue weighted by Crippen LogP contribution is -2.14.